The van der Waals surface area contributed by atoms with Crippen molar-refractivity contribution in [1.29, 1.82) is 0 Å². The van der Waals surface area contributed by atoms with Crippen molar-refractivity contribution in [2.45, 2.75) is 27.1 Å². The molecule has 0 fully saturated rings. The molecule has 0 aromatic heterocycles. The van der Waals surface area contributed by atoms with Gasteiger partial charge in [-0.25, -0.2) is 0 Å². The van der Waals surface area contributed by atoms with Crippen molar-refractivity contribution in [1.82, 2.24) is 0 Å². The van der Waals surface area contributed by atoms with E-state index >= 15 is 0 Å². The normalized spacial score (nSPS) is 10.5. The van der Waals surface area contributed by atoms with Crippen LogP contribution in [0.4, 0.5) is 0 Å². The Bertz CT molecular complexity index is 47.7. The summed E-state index contributed by atoms with van der Waals surface area (Å²) in [5.41, 5.74) is 0. The summed E-state index contributed by atoms with van der Waals surface area (Å²) in [5.74, 6) is 0. The molecule has 0 aliphatic heterocycles. The molecule has 3 heteroatoms. The molecule has 0 aliphatic rings. The van der Waals surface area contributed by atoms with Gasteiger partial charge >= 0.3 is 71.4 Å². The molecule has 2 radical (unpaired) electrons. The summed E-state index contributed by atoms with van der Waals surface area (Å²) >= 11 is 10.7. The van der Waals surface area contributed by atoms with Crippen LogP contribution in [0.1, 0.15) is 19.8 Å². The van der Waals surface area contributed by atoms with Gasteiger partial charge in [0.25, 0.3) is 0 Å². The maximum atomic E-state index is 5.55. The van der Waals surface area contributed by atoms with Gasteiger partial charge in [0.15, 0.2) is 0 Å². The first-order valence-electron chi connectivity index (χ1n) is 2.79. The summed E-state index contributed by atoms with van der Waals surface area (Å²) in [7, 11) is 0. The monoisotopic (exact) mass is 260 g/mol. The second-order valence-corrected chi connectivity index (χ2v) is 9.03. The van der Waals surface area contributed by atoms with Gasteiger partial charge in [-0.15, -0.1) is 0 Å². The van der Waals surface area contributed by atoms with Crippen LogP contribution in [0.2, 0.25) is 4.44 Å². The molecule has 0 saturated carbocycles. The van der Waals surface area contributed by atoms with Crippen LogP contribution in [0.25, 0.3) is 0 Å². The average molecular weight is 260 g/mol. The Hall–Kier alpha value is 1.38. The first-order valence-corrected chi connectivity index (χ1v) is 7.32. The third-order valence-electron chi connectivity index (χ3n) is 0.829. The Balaban J connectivity index is 2.72. The fraction of sp³-hybridized carbons (Fsp3) is 1.00. The quantitative estimate of drug-likeness (QED) is 0.414. The van der Waals surface area contributed by atoms with Crippen molar-refractivity contribution in [2.75, 3.05) is 0 Å². The van der Waals surface area contributed by atoms with E-state index in [-0.39, 0.29) is 24.0 Å². The standard InChI is InChI=1S/C4H9.CHCl2.Sn/c1-3-4-2;2-1-3;/h1,3-4H2,2H3;1H;. The molecule has 0 amide bonds. The van der Waals surface area contributed by atoms with Gasteiger partial charge < -0.3 is 0 Å². The van der Waals surface area contributed by atoms with E-state index in [0.29, 0.717) is 0 Å². The van der Waals surface area contributed by atoms with Crippen LogP contribution >= 0.6 is 23.2 Å². The predicted octanol–water partition coefficient (Wildman–Crippen LogP) is 2.67. The van der Waals surface area contributed by atoms with Crippen molar-refractivity contribution in [2.24, 2.45) is 0 Å². The Morgan fingerprint density at radius 1 is 1.50 bits per heavy atom. The molecule has 0 nitrogen and oxygen atoms in total. The van der Waals surface area contributed by atoms with Crippen molar-refractivity contribution >= 4 is 44.3 Å². The second kappa shape index (κ2) is 6.50. The minimum atomic E-state index is -0.375. The van der Waals surface area contributed by atoms with Crippen LogP contribution in [0.15, 0.2) is 0 Å². The van der Waals surface area contributed by atoms with Gasteiger partial charge in [-0.1, -0.05) is 0 Å². The molecule has 0 atom stereocenters. The molecule has 48 valence electrons. The van der Waals surface area contributed by atoms with Gasteiger partial charge in [0, 0.05) is 0 Å². The molecule has 8 heavy (non-hydrogen) atoms. The van der Waals surface area contributed by atoms with Crippen LogP contribution < -0.4 is 0 Å². The van der Waals surface area contributed by atoms with E-state index in [1.807, 2.05) is 0 Å². The molecule has 0 N–H and O–H groups in total. The second-order valence-electron chi connectivity index (χ2n) is 1.61. The summed E-state index contributed by atoms with van der Waals surface area (Å²) in [4.78, 5) is 0. The summed E-state index contributed by atoms with van der Waals surface area (Å²) in [6, 6.07) is 0. The molecular weight excluding hydrogens is 250 g/mol. The minimum absolute atomic E-state index is 0.0187. The Morgan fingerprint density at radius 3 is 2.50 bits per heavy atom. The number of unbranched alkanes of at least 4 members (excludes halogenated alkanes) is 1. The fourth-order valence-electron chi connectivity index (χ4n) is 0.388. The molecule has 0 aliphatic carbocycles. The summed E-state index contributed by atoms with van der Waals surface area (Å²) in [6.07, 6.45) is 2.60. The SMILES string of the molecule is CCC[CH2][Sn][CH](Cl)Cl. The summed E-state index contributed by atoms with van der Waals surface area (Å²) in [5, 5.41) is 0. The van der Waals surface area contributed by atoms with Gasteiger partial charge in [0.1, 0.15) is 0 Å². The van der Waals surface area contributed by atoms with Crippen LogP contribution in [0.3, 0.4) is 0 Å². The molecule has 0 heterocycles. The maximum absolute atomic E-state index is 5.55. The first kappa shape index (κ1) is 9.38. The topological polar surface area (TPSA) is 0 Å². The predicted molar refractivity (Wildman–Crippen MR) is 41.0 cm³/mol. The fourth-order valence-corrected chi connectivity index (χ4v) is 4.07. The van der Waals surface area contributed by atoms with Gasteiger partial charge in [0.05, 0.1) is 0 Å². The van der Waals surface area contributed by atoms with Gasteiger partial charge in [-0.05, 0) is 0 Å². The van der Waals surface area contributed by atoms with E-state index in [0.717, 1.165) is 0 Å². The molecule has 0 rings (SSSR count). The number of rotatable bonds is 4. The molecule has 0 spiro atoms. The van der Waals surface area contributed by atoms with E-state index in [4.69, 9.17) is 23.2 Å². The van der Waals surface area contributed by atoms with E-state index in [2.05, 4.69) is 6.92 Å². The Labute approximate surface area is 71.2 Å². The Kier molecular flexibility index (Phi) is 7.62. The van der Waals surface area contributed by atoms with Crippen LogP contribution in [-0.2, 0) is 0 Å². The van der Waals surface area contributed by atoms with E-state index in [9.17, 15) is 0 Å². The number of alkyl halides is 2. The van der Waals surface area contributed by atoms with E-state index < -0.39 is 0 Å². The number of halogens is 2. The van der Waals surface area contributed by atoms with Crippen molar-refractivity contribution < 1.29 is 0 Å². The van der Waals surface area contributed by atoms with Crippen LogP contribution in [-0.4, -0.2) is 24.0 Å². The van der Waals surface area contributed by atoms with Gasteiger partial charge in [-0.3, -0.25) is 0 Å². The summed E-state index contributed by atoms with van der Waals surface area (Å²) < 4.78 is 1.35. The van der Waals surface area contributed by atoms with Crippen molar-refractivity contribution in [3.05, 3.63) is 0 Å². The zero-order chi connectivity index (χ0) is 6.41. The van der Waals surface area contributed by atoms with Gasteiger partial charge in [-0.2, -0.15) is 0 Å². The van der Waals surface area contributed by atoms with E-state index in [1.165, 1.54) is 17.3 Å². The molecule has 0 aromatic carbocycles. The zero-order valence-electron chi connectivity index (χ0n) is 4.95. The summed E-state index contributed by atoms with van der Waals surface area (Å²) in [6.45, 7) is 2.19. The van der Waals surface area contributed by atoms with Crippen molar-refractivity contribution in [3.8, 4) is 0 Å². The molecular formula is C5H10Cl2Sn. The van der Waals surface area contributed by atoms with E-state index in [1.54, 1.807) is 0 Å². The third-order valence-corrected chi connectivity index (χ3v) is 5.61. The number of hydrogen-bond donors (Lipinski definition) is 0. The first-order chi connectivity index (χ1) is 3.77. The molecule has 0 bridgehead atoms. The molecule has 0 unspecified atom stereocenters. The zero-order valence-corrected chi connectivity index (χ0v) is 9.32. The van der Waals surface area contributed by atoms with Gasteiger partial charge in [0.2, 0.25) is 0 Å². The van der Waals surface area contributed by atoms with Crippen molar-refractivity contribution in [3.63, 3.8) is 0 Å². The number of hydrogen-bond acceptors (Lipinski definition) is 0. The third kappa shape index (κ3) is 7.38. The molecule has 0 saturated heterocycles. The molecule has 0 aromatic rings. The van der Waals surface area contributed by atoms with Crippen LogP contribution in [0.5, 0.6) is 0 Å². The van der Waals surface area contributed by atoms with Crippen LogP contribution in [0, 0.1) is 0 Å². The Morgan fingerprint density at radius 2 is 2.12 bits per heavy atom. The average Bonchev–Trinajstić information content (AvgIpc) is 1.66.